The number of carbonyl (C=O) groups excluding carboxylic acids is 1. The molecule has 0 aliphatic carbocycles. The van der Waals surface area contributed by atoms with E-state index < -0.39 is 5.51 Å². The largest absolute Gasteiger partial charge is 0.446 e. The van der Waals surface area contributed by atoms with Crippen molar-refractivity contribution in [1.82, 2.24) is 9.55 Å². The van der Waals surface area contributed by atoms with Gasteiger partial charge >= 0.3 is 5.51 Å². The summed E-state index contributed by atoms with van der Waals surface area (Å²) >= 11 is -0.214. The van der Waals surface area contributed by atoms with Crippen LogP contribution in [0.25, 0.3) is 5.69 Å². The number of nitrogens with one attached hydrogen (secondary N) is 1. The first-order chi connectivity index (χ1) is 11.9. The van der Waals surface area contributed by atoms with Gasteiger partial charge < -0.3 is 9.88 Å². The molecular weight excluding hydrogens is 351 g/mol. The minimum atomic E-state index is -4.35. The number of anilines is 1. The molecule has 1 heterocycles. The van der Waals surface area contributed by atoms with Crippen LogP contribution in [0.4, 0.5) is 18.9 Å². The molecule has 1 amide bonds. The molecule has 0 aliphatic heterocycles. The number of benzene rings is 2. The monoisotopic (exact) mass is 363 g/mol. The molecule has 0 spiro atoms. The fourth-order valence-electron chi connectivity index (χ4n) is 2.14. The van der Waals surface area contributed by atoms with E-state index in [1.807, 2.05) is 16.7 Å². The van der Waals surface area contributed by atoms with Gasteiger partial charge in [0.2, 0.25) is 0 Å². The molecule has 0 unspecified atom stereocenters. The van der Waals surface area contributed by atoms with Crippen LogP contribution in [-0.2, 0) is 0 Å². The topological polar surface area (TPSA) is 46.9 Å². The summed E-state index contributed by atoms with van der Waals surface area (Å²) in [5.74, 6) is -0.390. The molecule has 0 radical (unpaired) electrons. The van der Waals surface area contributed by atoms with E-state index >= 15 is 0 Å². The van der Waals surface area contributed by atoms with Gasteiger partial charge in [-0.25, -0.2) is 4.98 Å². The highest BCUT2D eigenvalue weighted by Gasteiger charge is 2.29. The number of thioether (sulfide) groups is 1. The van der Waals surface area contributed by atoms with Gasteiger partial charge in [-0.1, -0.05) is 0 Å². The fraction of sp³-hybridized carbons (Fsp3) is 0.0588. The third kappa shape index (κ3) is 4.63. The van der Waals surface area contributed by atoms with Crippen molar-refractivity contribution in [3.63, 3.8) is 0 Å². The lowest BCUT2D eigenvalue weighted by molar-refractivity contribution is -0.0328. The number of alkyl halides is 3. The normalized spacial score (nSPS) is 11.3. The lowest BCUT2D eigenvalue weighted by Crippen LogP contribution is -2.11. The third-order valence-corrected chi connectivity index (χ3v) is 4.02. The third-order valence-electron chi connectivity index (χ3n) is 3.28. The van der Waals surface area contributed by atoms with E-state index in [0.717, 1.165) is 5.69 Å². The maximum atomic E-state index is 12.3. The van der Waals surface area contributed by atoms with E-state index in [-0.39, 0.29) is 28.1 Å². The quantitative estimate of drug-likeness (QED) is 0.681. The Kier molecular flexibility index (Phi) is 4.80. The highest BCUT2D eigenvalue weighted by molar-refractivity contribution is 8.00. The van der Waals surface area contributed by atoms with Crippen LogP contribution in [0.5, 0.6) is 0 Å². The minimum Gasteiger partial charge on any atom is -0.322 e. The minimum absolute atomic E-state index is 0.0359. The number of nitrogens with zero attached hydrogens (tertiary/aromatic N) is 2. The van der Waals surface area contributed by atoms with Gasteiger partial charge in [0.05, 0.1) is 6.33 Å². The fourth-order valence-corrected chi connectivity index (χ4v) is 2.68. The summed E-state index contributed by atoms with van der Waals surface area (Å²) in [6.07, 6.45) is 5.12. The van der Waals surface area contributed by atoms with Gasteiger partial charge in [0.25, 0.3) is 5.91 Å². The Morgan fingerprint density at radius 1 is 1.04 bits per heavy atom. The first-order valence-corrected chi connectivity index (χ1v) is 7.98. The van der Waals surface area contributed by atoms with E-state index in [9.17, 15) is 18.0 Å². The second kappa shape index (κ2) is 7.02. The predicted octanol–water partition coefficient (Wildman–Crippen LogP) is 4.74. The Labute approximate surface area is 145 Å². The number of rotatable bonds is 4. The first kappa shape index (κ1) is 17.1. The zero-order valence-electron chi connectivity index (χ0n) is 12.7. The van der Waals surface area contributed by atoms with Crippen LogP contribution >= 0.6 is 11.8 Å². The van der Waals surface area contributed by atoms with Crippen molar-refractivity contribution >= 4 is 23.4 Å². The first-order valence-electron chi connectivity index (χ1n) is 7.16. The van der Waals surface area contributed by atoms with Gasteiger partial charge in [0.15, 0.2) is 0 Å². The van der Waals surface area contributed by atoms with Crippen LogP contribution in [0, 0.1) is 0 Å². The lowest BCUT2D eigenvalue weighted by atomic mass is 10.2. The van der Waals surface area contributed by atoms with Gasteiger partial charge in [-0.2, -0.15) is 13.2 Å². The summed E-state index contributed by atoms with van der Waals surface area (Å²) in [6, 6.07) is 12.4. The van der Waals surface area contributed by atoms with Crippen molar-refractivity contribution in [3.05, 3.63) is 72.8 Å². The van der Waals surface area contributed by atoms with Crippen molar-refractivity contribution in [2.45, 2.75) is 10.4 Å². The Balaban J connectivity index is 1.65. The molecule has 0 bridgehead atoms. The smallest absolute Gasteiger partial charge is 0.322 e. The van der Waals surface area contributed by atoms with Crippen molar-refractivity contribution < 1.29 is 18.0 Å². The molecule has 0 saturated carbocycles. The van der Waals surface area contributed by atoms with Gasteiger partial charge in [-0.3, -0.25) is 4.79 Å². The summed E-state index contributed by atoms with van der Waals surface area (Å²) in [6.45, 7) is 0. The Morgan fingerprint density at radius 2 is 1.72 bits per heavy atom. The molecular formula is C17H12F3N3OS. The molecule has 25 heavy (non-hydrogen) atoms. The number of hydrogen-bond acceptors (Lipinski definition) is 3. The Bertz CT molecular complexity index is 844. The van der Waals surface area contributed by atoms with Crippen LogP contribution in [0.15, 0.2) is 72.1 Å². The maximum Gasteiger partial charge on any atom is 0.446 e. The molecule has 0 atom stereocenters. The second-order valence-electron chi connectivity index (χ2n) is 5.04. The van der Waals surface area contributed by atoms with E-state index in [2.05, 4.69) is 10.3 Å². The summed E-state index contributed by atoms with van der Waals surface area (Å²) < 4.78 is 38.7. The molecule has 1 aromatic heterocycles. The molecule has 3 rings (SSSR count). The van der Waals surface area contributed by atoms with Crippen molar-refractivity contribution in [2.24, 2.45) is 0 Å². The second-order valence-corrected chi connectivity index (χ2v) is 6.18. The van der Waals surface area contributed by atoms with Crippen molar-refractivity contribution in [2.75, 3.05) is 5.32 Å². The number of carbonyl (C=O) groups is 1. The summed E-state index contributed by atoms with van der Waals surface area (Å²) in [4.78, 5) is 16.2. The molecule has 128 valence electrons. The van der Waals surface area contributed by atoms with E-state index in [1.165, 1.54) is 24.3 Å². The van der Waals surface area contributed by atoms with Gasteiger partial charge in [-0.05, 0) is 60.3 Å². The summed E-state index contributed by atoms with van der Waals surface area (Å²) in [5.41, 5.74) is -2.59. The maximum absolute atomic E-state index is 12.3. The lowest BCUT2D eigenvalue weighted by Gasteiger charge is -2.08. The van der Waals surface area contributed by atoms with Crippen LogP contribution in [0.1, 0.15) is 10.4 Å². The van der Waals surface area contributed by atoms with Crippen LogP contribution in [0.3, 0.4) is 0 Å². The van der Waals surface area contributed by atoms with Crippen molar-refractivity contribution in [3.8, 4) is 5.69 Å². The molecule has 8 heteroatoms. The Hall–Kier alpha value is -2.74. The highest BCUT2D eigenvalue weighted by Crippen LogP contribution is 2.36. The predicted molar refractivity (Wildman–Crippen MR) is 89.9 cm³/mol. The van der Waals surface area contributed by atoms with Crippen LogP contribution < -0.4 is 5.32 Å². The summed E-state index contributed by atoms with van der Waals surface area (Å²) in [5, 5.41) is 2.71. The number of amides is 1. The number of hydrogen-bond donors (Lipinski definition) is 1. The molecule has 0 saturated heterocycles. The van der Waals surface area contributed by atoms with Gasteiger partial charge in [0.1, 0.15) is 0 Å². The Morgan fingerprint density at radius 3 is 2.28 bits per heavy atom. The molecule has 4 nitrogen and oxygen atoms in total. The number of aromatic nitrogens is 2. The average molecular weight is 363 g/mol. The standard InChI is InChI=1S/C17H12F3N3OS/c18-17(19,20)25-15-7-1-12(2-8-15)16(24)22-13-3-5-14(6-4-13)23-10-9-21-11-23/h1-11H,(H,22,24). The molecule has 0 aliphatic rings. The van der Waals surface area contributed by atoms with Crippen LogP contribution in [0.2, 0.25) is 0 Å². The van der Waals surface area contributed by atoms with E-state index in [0.29, 0.717) is 5.69 Å². The zero-order chi connectivity index (χ0) is 17.9. The van der Waals surface area contributed by atoms with Gasteiger partial charge in [-0.15, -0.1) is 0 Å². The van der Waals surface area contributed by atoms with Gasteiger partial charge in [0, 0.05) is 34.2 Å². The SMILES string of the molecule is O=C(Nc1ccc(-n2ccnc2)cc1)c1ccc(SC(F)(F)F)cc1. The van der Waals surface area contributed by atoms with Crippen LogP contribution in [-0.4, -0.2) is 21.0 Å². The number of halogens is 3. The van der Waals surface area contributed by atoms with Crippen molar-refractivity contribution in [1.29, 1.82) is 0 Å². The molecule has 0 fully saturated rings. The number of imidazole rings is 1. The zero-order valence-corrected chi connectivity index (χ0v) is 13.5. The summed E-state index contributed by atoms with van der Waals surface area (Å²) in [7, 11) is 0. The van der Waals surface area contributed by atoms with E-state index in [4.69, 9.17) is 0 Å². The molecule has 2 aromatic carbocycles. The molecule has 1 N–H and O–H groups in total. The van der Waals surface area contributed by atoms with E-state index in [1.54, 1.807) is 30.9 Å². The highest BCUT2D eigenvalue weighted by atomic mass is 32.2. The average Bonchev–Trinajstić information content (AvgIpc) is 3.09. The molecule has 3 aromatic rings.